The molecule has 0 unspecified atom stereocenters. The molecule has 0 spiro atoms. The molecular weight excluding hydrogens is 388 g/mol. The lowest BCUT2D eigenvalue weighted by molar-refractivity contribution is 0.103. The maximum atomic E-state index is 13.3. The molecule has 0 aliphatic heterocycles. The number of allylic oxidation sites excluding steroid dienone is 1. The van der Waals surface area contributed by atoms with E-state index in [-0.39, 0.29) is 5.78 Å². The number of nitrogens with one attached hydrogen (secondary N) is 2. The molecule has 3 aromatic rings. The summed E-state index contributed by atoms with van der Waals surface area (Å²) >= 11 is 0. The number of carbonyl (C=O) groups is 1. The highest BCUT2D eigenvalue weighted by Gasteiger charge is 2.20. The van der Waals surface area contributed by atoms with E-state index in [1.54, 1.807) is 42.9 Å². The first-order valence-corrected chi connectivity index (χ1v) is 10.8. The highest BCUT2D eigenvalue weighted by atomic mass is 32.2. The van der Waals surface area contributed by atoms with E-state index < -0.39 is 10.0 Å². The summed E-state index contributed by atoms with van der Waals surface area (Å²) in [4.78, 5) is 21.7. The third-order valence-electron chi connectivity index (χ3n) is 4.40. The smallest absolute Gasteiger partial charge is 0.229 e. The topological polar surface area (TPSA) is 101 Å². The monoisotopic (exact) mass is 406 g/mol. The van der Waals surface area contributed by atoms with Gasteiger partial charge in [0.15, 0.2) is 5.78 Å². The van der Waals surface area contributed by atoms with Crippen molar-refractivity contribution in [3.63, 3.8) is 0 Å². The molecule has 0 atom stereocenters. The van der Waals surface area contributed by atoms with Crippen molar-refractivity contribution < 1.29 is 13.2 Å². The van der Waals surface area contributed by atoms with Gasteiger partial charge in [0.2, 0.25) is 10.0 Å². The molecule has 1 aromatic carbocycles. The zero-order valence-electron chi connectivity index (χ0n) is 15.6. The minimum absolute atomic E-state index is 0.206. The first kappa shape index (κ1) is 18.8. The Morgan fingerprint density at radius 1 is 0.966 bits per heavy atom. The first-order valence-electron chi connectivity index (χ1n) is 8.88. The number of hydrogen-bond donors (Lipinski definition) is 2. The largest absolute Gasteiger partial charge is 0.354 e. The third kappa shape index (κ3) is 4.33. The fourth-order valence-electron chi connectivity index (χ4n) is 3.15. The number of anilines is 3. The summed E-state index contributed by atoms with van der Waals surface area (Å²) in [5.74, 6) is -0.206. The van der Waals surface area contributed by atoms with Gasteiger partial charge in [0, 0.05) is 29.3 Å². The Labute approximate surface area is 168 Å². The normalized spacial score (nSPS) is 14.2. The molecule has 0 radical (unpaired) electrons. The Kier molecular flexibility index (Phi) is 4.85. The number of hydrogen-bond acceptors (Lipinski definition) is 6. The predicted molar refractivity (Wildman–Crippen MR) is 113 cm³/mol. The molecule has 8 heteroatoms. The van der Waals surface area contributed by atoms with Crippen LogP contribution in [-0.4, -0.2) is 30.4 Å². The Hall–Kier alpha value is -3.52. The number of aromatic nitrogens is 2. The van der Waals surface area contributed by atoms with Gasteiger partial charge < -0.3 is 5.32 Å². The summed E-state index contributed by atoms with van der Waals surface area (Å²) < 4.78 is 25.5. The van der Waals surface area contributed by atoms with Gasteiger partial charge >= 0.3 is 0 Å². The van der Waals surface area contributed by atoms with Crippen LogP contribution in [0.1, 0.15) is 27.2 Å². The summed E-state index contributed by atoms with van der Waals surface area (Å²) in [5.41, 5.74) is 4.14. The summed E-state index contributed by atoms with van der Waals surface area (Å²) in [6.07, 6.45) is 10.4. The van der Waals surface area contributed by atoms with E-state index >= 15 is 0 Å². The number of sulfonamides is 1. The van der Waals surface area contributed by atoms with Crippen molar-refractivity contribution in [1.82, 2.24) is 9.97 Å². The van der Waals surface area contributed by atoms with E-state index in [0.29, 0.717) is 34.6 Å². The fraction of sp³-hybridized carbons (Fsp3) is 0.0952. The van der Waals surface area contributed by atoms with Crippen LogP contribution in [0.2, 0.25) is 0 Å². The molecule has 0 saturated heterocycles. The molecule has 1 aliphatic carbocycles. The van der Waals surface area contributed by atoms with Gasteiger partial charge in [-0.2, -0.15) is 0 Å². The summed E-state index contributed by atoms with van der Waals surface area (Å²) in [6.45, 7) is 0. The average molecular weight is 406 g/mol. The van der Waals surface area contributed by atoms with E-state index in [1.165, 1.54) is 0 Å². The third-order valence-corrected chi connectivity index (χ3v) is 5.01. The lowest BCUT2D eigenvalue weighted by atomic mass is 9.92. The van der Waals surface area contributed by atoms with Crippen LogP contribution >= 0.6 is 0 Å². The lowest BCUT2D eigenvalue weighted by Crippen LogP contribution is -2.13. The second-order valence-electron chi connectivity index (χ2n) is 6.70. The standard InChI is InChI=1S/C21H18N4O3S/c1-29(27,28)25-16-6-5-14-3-2-4-20-19(21(26)18(14)11-16)12-17(13-23-20)24-15-7-9-22-10-8-15/h2,4-13,25H,3H2,1H3,(H,22,24)/b4-2-. The predicted octanol–water partition coefficient (Wildman–Crippen LogP) is 3.39. The van der Waals surface area contributed by atoms with Crippen molar-refractivity contribution in [1.29, 1.82) is 0 Å². The van der Waals surface area contributed by atoms with Crippen molar-refractivity contribution in [2.24, 2.45) is 0 Å². The molecule has 2 aromatic heterocycles. The number of fused-ring (bicyclic) bond motifs is 2. The highest BCUT2D eigenvalue weighted by molar-refractivity contribution is 7.92. The van der Waals surface area contributed by atoms with Gasteiger partial charge in [-0.15, -0.1) is 0 Å². The SMILES string of the molecule is CS(=O)(=O)Nc1ccc2c(c1)C(=O)c1cc(Nc3ccncc3)cnc1/C=C\C2. The summed E-state index contributed by atoms with van der Waals surface area (Å²) in [5, 5.41) is 3.21. The van der Waals surface area contributed by atoms with Gasteiger partial charge in [-0.05, 0) is 48.4 Å². The van der Waals surface area contributed by atoms with Crippen molar-refractivity contribution in [3.8, 4) is 0 Å². The van der Waals surface area contributed by atoms with Gasteiger partial charge in [-0.3, -0.25) is 19.5 Å². The van der Waals surface area contributed by atoms with Crippen LogP contribution in [-0.2, 0) is 16.4 Å². The van der Waals surface area contributed by atoms with E-state index in [0.717, 1.165) is 17.5 Å². The molecule has 2 N–H and O–H groups in total. The maximum absolute atomic E-state index is 13.3. The molecule has 1 aliphatic rings. The number of ketones is 1. The van der Waals surface area contributed by atoms with Crippen LogP contribution < -0.4 is 10.0 Å². The Bertz CT molecular complexity index is 1220. The van der Waals surface area contributed by atoms with Crippen LogP contribution in [0.4, 0.5) is 17.1 Å². The number of rotatable bonds is 4. The average Bonchev–Trinajstić information content (AvgIpc) is 2.68. The molecule has 7 nitrogen and oxygen atoms in total. The fourth-order valence-corrected chi connectivity index (χ4v) is 3.70. The first-order chi connectivity index (χ1) is 13.9. The minimum Gasteiger partial charge on any atom is -0.354 e. The van der Waals surface area contributed by atoms with Crippen LogP contribution in [0.25, 0.3) is 6.08 Å². The summed E-state index contributed by atoms with van der Waals surface area (Å²) in [6, 6.07) is 10.4. The maximum Gasteiger partial charge on any atom is 0.229 e. The van der Waals surface area contributed by atoms with Crippen molar-refractivity contribution in [2.45, 2.75) is 6.42 Å². The highest BCUT2D eigenvalue weighted by Crippen LogP contribution is 2.27. The van der Waals surface area contributed by atoms with Crippen LogP contribution in [0.15, 0.2) is 61.1 Å². The van der Waals surface area contributed by atoms with Crippen LogP contribution in [0.3, 0.4) is 0 Å². The molecule has 29 heavy (non-hydrogen) atoms. The Balaban J connectivity index is 1.75. The number of carbonyl (C=O) groups excluding carboxylic acids is 1. The quantitative estimate of drug-likeness (QED) is 0.689. The van der Waals surface area contributed by atoms with Gasteiger partial charge in [-0.1, -0.05) is 12.1 Å². The minimum atomic E-state index is -3.44. The van der Waals surface area contributed by atoms with Crippen molar-refractivity contribution >= 4 is 38.9 Å². The van der Waals surface area contributed by atoms with E-state index in [2.05, 4.69) is 20.0 Å². The Morgan fingerprint density at radius 2 is 1.72 bits per heavy atom. The number of pyridine rings is 2. The molecule has 0 amide bonds. The zero-order chi connectivity index (χ0) is 20.4. The van der Waals surface area contributed by atoms with E-state index in [9.17, 15) is 13.2 Å². The molecule has 4 rings (SSSR count). The van der Waals surface area contributed by atoms with Gasteiger partial charge in [0.1, 0.15) is 0 Å². The lowest BCUT2D eigenvalue weighted by Gasteiger charge is -2.15. The molecule has 146 valence electrons. The second-order valence-corrected chi connectivity index (χ2v) is 8.45. The number of nitrogens with zero attached hydrogens (tertiary/aromatic N) is 2. The molecular formula is C21H18N4O3S. The van der Waals surface area contributed by atoms with E-state index in [4.69, 9.17) is 0 Å². The van der Waals surface area contributed by atoms with Crippen molar-refractivity contribution in [2.75, 3.05) is 16.3 Å². The van der Waals surface area contributed by atoms with Crippen LogP contribution in [0, 0.1) is 0 Å². The molecule has 0 fully saturated rings. The molecule has 0 bridgehead atoms. The zero-order valence-corrected chi connectivity index (χ0v) is 16.4. The van der Waals surface area contributed by atoms with Gasteiger partial charge in [0.25, 0.3) is 0 Å². The van der Waals surface area contributed by atoms with Gasteiger partial charge in [-0.25, -0.2) is 8.42 Å². The van der Waals surface area contributed by atoms with Gasteiger partial charge in [0.05, 0.1) is 29.4 Å². The summed E-state index contributed by atoms with van der Waals surface area (Å²) in [7, 11) is -3.44. The van der Waals surface area contributed by atoms with E-state index in [1.807, 2.05) is 24.3 Å². The molecule has 2 heterocycles. The van der Waals surface area contributed by atoms with Crippen LogP contribution in [0.5, 0.6) is 0 Å². The molecule has 0 saturated carbocycles. The second kappa shape index (κ2) is 7.48. The Morgan fingerprint density at radius 3 is 2.48 bits per heavy atom. The number of benzene rings is 1. The van der Waals surface area contributed by atoms with Crippen molar-refractivity contribution in [3.05, 3.63) is 83.4 Å².